The monoisotopic (exact) mass is 270 g/mol. The average molecular weight is 270 g/mol. The predicted molar refractivity (Wildman–Crippen MR) is 80.0 cm³/mol. The van der Waals surface area contributed by atoms with E-state index in [2.05, 4.69) is 13.0 Å². The van der Waals surface area contributed by atoms with Gasteiger partial charge in [0.25, 0.3) is 0 Å². The average Bonchev–Trinajstić information content (AvgIpc) is 2.45. The van der Waals surface area contributed by atoms with Gasteiger partial charge >= 0.3 is 0 Å². The number of phenols is 1. The number of hydrogen-bond donors (Lipinski definition) is 1. The lowest BCUT2D eigenvalue weighted by atomic mass is 9.60. The highest BCUT2D eigenvalue weighted by Gasteiger charge is 2.42. The minimum atomic E-state index is 0.0607. The first-order chi connectivity index (χ1) is 9.65. The highest BCUT2D eigenvalue weighted by Crippen LogP contribution is 2.50. The van der Waals surface area contributed by atoms with Crippen molar-refractivity contribution in [2.75, 3.05) is 0 Å². The number of carbonyl (C=O) groups is 1. The van der Waals surface area contributed by atoms with E-state index in [1.54, 1.807) is 6.07 Å². The fourth-order valence-corrected chi connectivity index (χ4v) is 3.94. The van der Waals surface area contributed by atoms with Crippen LogP contribution >= 0.6 is 0 Å². The van der Waals surface area contributed by atoms with Crippen LogP contribution in [0.5, 0.6) is 5.75 Å². The van der Waals surface area contributed by atoms with Gasteiger partial charge in [-0.1, -0.05) is 31.4 Å². The molecule has 0 aromatic heterocycles. The lowest BCUT2D eigenvalue weighted by Crippen LogP contribution is -2.37. The quantitative estimate of drug-likeness (QED) is 0.899. The molecule has 1 unspecified atom stereocenters. The highest BCUT2D eigenvalue weighted by molar-refractivity contribution is 5.92. The molecule has 0 saturated heterocycles. The molecule has 0 aliphatic heterocycles. The van der Waals surface area contributed by atoms with Gasteiger partial charge in [-0.25, -0.2) is 0 Å². The van der Waals surface area contributed by atoms with Crippen LogP contribution in [0.1, 0.15) is 56.6 Å². The molecule has 0 spiro atoms. The zero-order chi connectivity index (χ0) is 14.2. The number of phenolic OH excluding ortho intramolecular Hbond substituents is 1. The molecule has 0 radical (unpaired) electrons. The Morgan fingerprint density at radius 1 is 1.25 bits per heavy atom. The molecule has 106 valence electrons. The zero-order valence-electron chi connectivity index (χ0n) is 12.1. The van der Waals surface area contributed by atoms with Crippen molar-refractivity contribution in [2.24, 2.45) is 0 Å². The summed E-state index contributed by atoms with van der Waals surface area (Å²) in [7, 11) is 0. The van der Waals surface area contributed by atoms with Crippen molar-refractivity contribution >= 4 is 5.78 Å². The Hall–Kier alpha value is -1.57. The molecule has 0 bridgehead atoms. The van der Waals surface area contributed by atoms with Crippen molar-refractivity contribution in [3.63, 3.8) is 0 Å². The van der Waals surface area contributed by atoms with Crippen LogP contribution in [0.3, 0.4) is 0 Å². The van der Waals surface area contributed by atoms with E-state index in [-0.39, 0.29) is 11.2 Å². The molecular weight excluding hydrogens is 248 g/mol. The summed E-state index contributed by atoms with van der Waals surface area (Å²) in [5.74, 6) is 0.642. The molecule has 1 aromatic carbocycles. The highest BCUT2D eigenvalue weighted by atomic mass is 16.3. The normalized spacial score (nSPS) is 24.9. The molecule has 0 fully saturated rings. The number of allylic oxidation sites excluding steroid dienone is 2. The van der Waals surface area contributed by atoms with E-state index >= 15 is 0 Å². The number of ketones is 1. The van der Waals surface area contributed by atoms with Gasteiger partial charge in [0.05, 0.1) is 0 Å². The first-order valence-corrected chi connectivity index (χ1v) is 7.72. The van der Waals surface area contributed by atoms with Crippen LogP contribution in [0, 0.1) is 0 Å². The number of fused-ring (bicyclic) bond motifs is 3. The minimum absolute atomic E-state index is 0.0607. The fraction of sp³-hybridized carbons (Fsp3) is 0.500. The van der Waals surface area contributed by atoms with Crippen molar-refractivity contribution in [1.29, 1.82) is 0 Å². The Kier molecular flexibility index (Phi) is 3.41. The molecule has 1 aromatic rings. The van der Waals surface area contributed by atoms with Gasteiger partial charge in [-0.2, -0.15) is 0 Å². The summed E-state index contributed by atoms with van der Waals surface area (Å²) in [5, 5.41) is 9.72. The Bertz CT molecular complexity index is 571. The first kappa shape index (κ1) is 13.4. The Balaban J connectivity index is 2.11. The molecule has 0 heterocycles. The second-order valence-corrected chi connectivity index (χ2v) is 6.16. The predicted octanol–water partition coefficient (Wildman–Crippen LogP) is 4.06. The summed E-state index contributed by atoms with van der Waals surface area (Å²) < 4.78 is 0. The summed E-state index contributed by atoms with van der Waals surface area (Å²) in [4.78, 5) is 11.8. The molecule has 1 atom stereocenters. The molecule has 2 heteroatoms. The fourth-order valence-electron chi connectivity index (χ4n) is 3.94. The number of carbonyl (C=O) groups excluding carboxylic acids is 1. The lowest BCUT2D eigenvalue weighted by molar-refractivity contribution is -0.115. The minimum Gasteiger partial charge on any atom is -0.508 e. The van der Waals surface area contributed by atoms with E-state index in [4.69, 9.17) is 0 Å². The van der Waals surface area contributed by atoms with Crippen molar-refractivity contribution < 1.29 is 9.90 Å². The van der Waals surface area contributed by atoms with Gasteiger partial charge < -0.3 is 5.11 Å². The van der Waals surface area contributed by atoms with Crippen LogP contribution in [0.25, 0.3) is 0 Å². The van der Waals surface area contributed by atoms with E-state index in [0.29, 0.717) is 12.2 Å². The standard InChI is InChI=1S/C18H22O2/c1-2-3-9-18-10-8-16(20)12-14(18)5-4-13-11-15(19)6-7-17(13)18/h6-7,11-12,19H,2-5,8-10H2,1H3. The smallest absolute Gasteiger partial charge is 0.155 e. The number of aryl methyl sites for hydroxylation is 1. The van der Waals surface area contributed by atoms with E-state index in [0.717, 1.165) is 25.7 Å². The van der Waals surface area contributed by atoms with Gasteiger partial charge in [0, 0.05) is 11.8 Å². The molecule has 20 heavy (non-hydrogen) atoms. The second-order valence-electron chi connectivity index (χ2n) is 6.16. The Morgan fingerprint density at radius 3 is 2.90 bits per heavy atom. The molecule has 2 nitrogen and oxygen atoms in total. The van der Waals surface area contributed by atoms with Gasteiger partial charge in [-0.3, -0.25) is 4.79 Å². The van der Waals surface area contributed by atoms with E-state index in [1.807, 2.05) is 12.1 Å². The number of aromatic hydroxyl groups is 1. The van der Waals surface area contributed by atoms with Gasteiger partial charge in [0.2, 0.25) is 0 Å². The van der Waals surface area contributed by atoms with Crippen molar-refractivity contribution in [1.82, 2.24) is 0 Å². The van der Waals surface area contributed by atoms with Crippen LogP contribution < -0.4 is 0 Å². The molecule has 1 N–H and O–H groups in total. The van der Waals surface area contributed by atoms with Crippen molar-refractivity contribution in [2.45, 2.75) is 57.3 Å². The van der Waals surface area contributed by atoms with Gasteiger partial charge in [-0.15, -0.1) is 0 Å². The molecule has 0 saturated carbocycles. The molecule has 0 amide bonds. The Labute approximate surface area is 120 Å². The number of unbranched alkanes of at least 4 members (excludes halogenated alkanes) is 1. The van der Waals surface area contributed by atoms with Gasteiger partial charge in [-0.05, 0) is 55.0 Å². The summed E-state index contributed by atoms with van der Waals surface area (Å²) in [6, 6.07) is 5.80. The number of rotatable bonds is 3. The zero-order valence-corrected chi connectivity index (χ0v) is 12.1. The third-order valence-corrected chi connectivity index (χ3v) is 4.97. The molecule has 3 rings (SSSR count). The Morgan fingerprint density at radius 2 is 2.10 bits per heavy atom. The second kappa shape index (κ2) is 5.08. The molecular formula is C18H22O2. The van der Waals surface area contributed by atoms with Crippen molar-refractivity contribution in [3.8, 4) is 5.75 Å². The topological polar surface area (TPSA) is 37.3 Å². The molecule has 2 aliphatic rings. The maximum atomic E-state index is 11.8. The maximum Gasteiger partial charge on any atom is 0.155 e. The maximum absolute atomic E-state index is 11.8. The van der Waals surface area contributed by atoms with E-state index in [9.17, 15) is 9.90 Å². The summed E-state index contributed by atoms with van der Waals surface area (Å²) >= 11 is 0. The van der Waals surface area contributed by atoms with Crippen LogP contribution in [-0.2, 0) is 16.6 Å². The van der Waals surface area contributed by atoms with E-state index < -0.39 is 0 Å². The third-order valence-electron chi connectivity index (χ3n) is 4.97. The lowest BCUT2D eigenvalue weighted by Gasteiger charge is -2.44. The first-order valence-electron chi connectivity index (χ1n) is 7.72. The third kappa shape index (κ3) is 2.07. The summed E-state index contributed by atoms with van der Waals surface area (Å²) in [6.45, 7) is 2.22. The summed E-state index contributed by atoms with van der Waals surface area (Å²) in [6.07, 6.45) is 8.91. The number of benzene rings is 1. The van der Waals surface area contributed by atoms with Gasteiger partial charge in [0.15, 0.2) is 5.78 Å². The number of hydrogen-bond acceptors (Lipinski definition) is 2. The van der Waals surface area contributed by atoms with Gasteiger partial charge in [0.1, 0.15) is 5.75 Å². The van der Waals surface area contributed by atoms with Crippen LogP contribution in [0.15, 0.2) is 29.8 Å². The summed E-state index contributed by atoms with van der Waals surface area (Å²) in [5.41, 5.74) is 4.02. The largest absolute Gasteiger partial charge is 0.508 e. The van der Waals surface area contributed by atoms with Crippen LogP contribution in [0.2, 0.25) is 0 Å². The molecule has 2 aliphatic carbocycles. The van der Waals surface area contributed by atoms with Crippen molar-refractivity contribution in [3.05, 3.63) is 41.0 Å². The SMILES string of the molecule is CCCCC12CCC(=O)C=C1CCc1cc(O)ccc12. The van der Waals surface area contributed by atoms with Crippen LogP contribution in [0.4, 0.5) is 0 Å². The van der Waals surface area contributed by atoms with E-state index in [1.165, 1.54) is 29.5 Å². The van der Waals surface area contributed by atoms with Crippen LogP contribution in [-0.4, -0.2) is 10.9 Å².